The summed E-state index contributed by atoms with van der Waals surface area (Å²) in [5.41, 5.74) is 3.75. The van der Waals surface area contributed by atoms with Gasteiger partial charge in [0.05, 0.1) is 21.3 Å². The minimum absolute atomic E-state index is 0. The van der Waals surface area contributed by atoms with E-state index in [2.05, 4.69) is 0 Å². The Morgan fingerprint density at radius 1 is 0.889 bits per heavy atom. The molecule has 5 rings (SSSR count). The van der Waals surface area contributed by atoms with E-state index in [-0.39, 0.29) is 55.9 Å². The average Bonchev–Trinajstić information content (AvgIpc) is 3.27. The molecule has 1 aliphatic carbocycles. The van der Waals surface area contributed by atoms with Crippen molar-refractivity contribution in [1.82, 2.24) is 0 Å². The second kappa shape index (κ2) is 12.3. The average molecular weight is 647 g/mol. The van der Waals surface area contributed by atoms with E-state index in [1.807, 2.05) is 85.7 Å². The van der Waals surface area contributed by atoms with Crippen LogP contribution < -0.4 is 28.9 Å². The maximum atomic E-state index is 13.6. The zero-order chi connectivity index (χ0) is 32.2. The van der Waals surface area contributed by atoms with Gasteiger partial charge in [0, 0.05) is 64.4 Å². The second-order valence-corrected chi connectivity index (χ2v) is 15.5. The number of ketones is 1. The van der Waals surface area contributed by atoms with Crippen LogP contribution in [-0.2, 0) is 35.9 Å². The molecule has 0 atom stereocenters. The van der Waals surface area contributed by atoms with Crippen LogP contribution in [0.3, 0.4) is 0 Å². The van der Waals surface area contributed by atoms with Crippen LogP contribution in [-0.4, -0.2) is 66.6 Å². The zero-order valence-corrected chi connectivity index (χ0v) is 27.7. The van der Waals surface area contributed by atoms with Crippen molar-refractivity contribution in [2.75, 3.05) is 29.5 Å². The molecule has 0 amide bonds. The Morgan fingerprint density at radius 2 is 1.51 bits per heavy atom. The zero-order valence-electron chi connectivity index (χ0n) is 26.0. The van der Waals surface area contributed by atoms with E-state index in [0.29, 0.717) is 11.4 Å². The Morgan fingerprint density at radius 3 is 2.13 bits per heavy atom. The second-order valence-electron chi connectivity index (χ2n) is 12.4. The van der Waals surface area contributed by atoms with Crippen LogP contribution in [0.2, 0.25) is 0 Å². The van der Waals surface area contributed by atoms with Gasteiger partial charge in [0.1, 0.15) is 6.54 Å². The maximum absolute atomic E-state index is 13.6. The standard InChI is InChI=1S/C32H36N2O8S2.Li/c1-31(2)23-11-5-7-13-25(23)33(15-9-17-43(37,38)39)27(31)19-21-29(35)22(30(21)36)20-28-32(3,4)24-12-6-8-14-26(24)34(28)16-10-18-44(40,41)42;/h5-8,11-14,19-20H,9-10,15-18H2,1-4H3,(H2-,35,36,37,38,39,40,41,42);/q;+1/p-1. The summed E-state index contributed by atoms with van der Waals surface area (Å²) in [6.07, 6.45) is 3.39. The van der Waals surface area contributed by atoms with Gasteiger partial charge in [-0.15, -0.1) is 0 Å². The fourth-order valence-electron chi connectivity index (χ4n) is 6.46. The number of hydrogen-bond acceptors (Lipinski definition) is 8. The molecule has 0 spiro atoms. The number of rotatable bonds is 10. The number of fused-ring (bicyclic) bond motifs is 2. The number of benzene rings is 2. The Labute approximate surface area is 276 Å². The van der Waals surface area contributed by atoms with E-state index in [1.165, 1.54) is 0 Å². The van der Waals surface area contributed by atoms with Crippen molar-refractivity contribution in [3.8, 4) is 0 Å². The molecule has 0 saturated carbocycles. The normalized spacial score (nSPS) is 20.4. The molecule has 0 saturated heterocycles. The van der Waals surface area contributed by atoms with Crippen molar-refractivity contribution in [3.05, 3.63) is 94.4 Å². The minimum Gasteiger partial charge on any atom is -0.871 e. The number of allylic oxidation sites excluding steroid dienone is 5. The predicted octanol–water partition coefficient (Wildman–Crippen LogP) is 0.0852. The molecular weight excluding hydrogens is 611 g/mol. The van der Waals surface area contributed by atoms with Gasteiger partial charge in [-0.1, -0.05) is 56.0 Å². The van der Waals surface area contributed by atoms with E-state index in [4.69, 9.17) is 0 Å². The van der Waals surface area contributed by atoms with Crippen molar-refractivity contribution in [1.29, 1.82) is 0 Å². The van der Waals surface area contributed by atoms with Crippen LogP contribution in [0, 0.1) is 0 Å². The Kier molecular flexibility index (Phi) is 9.55. The van der Waals surface area contributed by atoms with Gasteiger partial charge in [-0.3, -0.25) is 9.35 Å². The van der Waals surface area contributed by atoms with Crippen molar-refractivity contribution in [3.63, 3.8) is 0 Å². The molecule has 13 heteroatoms. The monoisotopic (exact) mass is 646 g/mol. The summed E-state index contributed by atoms with van der Waals surface area (Å²) in [7, 11) is -8.56. The van der Waals surface area contributed by atoms with Gasteiger partial charge >= 0.3 is 18.9 Å². The van der Waals surface area contributed by atoms with Crippen LogP contribution in [0.1, 0.15) is 51.7 Å². The van der Waals surface area contributed by atoms with Crippen LogP contribution in [0.15, 0.2) is 83.3 Å². The molecule has 0 unspecified atom stereocenters. The fourth-order valence-corrected chi connectivity index (χ4v) is 7.43. The molecule has 0 fully saturated rings. The van der Waals surface area contributed by atoms with Crippen molar-refractivity contribution >= 4 is 43.1 Å². The number of nitrogens with zero attached hydrogens (tertiary/aromatic N) is 2. The van der Waals surface area contributed by atoms with Crippen LogP contribution in [0.5, 0.6) is 0 Å². The third-order valence-electron chi connectivity index (χ3n) is 8.70. The summed E-state index contributed by atoms with van der Waals surface area (Å²) in [6, 6.07) is 15.2. The Balaban J connectivity index is 0.00000461. The topological polar surface area (TPSA) is 158 Å². The molecule has 0 bridgehead atoms. The van der Waals surface area contributed by atoms with Gasteiger partial charge in [0.15, 0.2) is 11.5 Å². The van der Waals surface area contributed by atoms with Crippen molar-refractivity contribution < 1.29 is 59.3 Å². The third-order valence-corrected chi connectivity index (χ3v) is 10.3. The number of carbonyl (C=O) groups excluding carboxylic acids is 1. The first-order chi connectivity index (χ1) is 20.4. The summed E-state index contributed by atoms with van der Waals surface area (Å²) in [5.74, 6) is -1.80. The molecule has 45 heavy (non-hydrogen) atoms. The summed E-state index contributed by atoms with van der Waals surface area (Å²) < 4.78 is 67.7. The Bertz CT molecular complexity index is 1910. The number of anilines is 1. The Hall–Kier alpha value is -2.98. The van der Waals surface area contributed by atoms with Gasteiger partial charge in [-0.05, 0) is 38.0 Å². The molecule has 2 aromatic carbocycles. The van der Waals surface area contributed by atoms with Gasteiger partial charge in [-0.2, -0.15) is 13.0 Å². The van der Waals surface area contributed by atoms with Crippen molar-refractivity contribution in [2.24, 2.45) is 0 Å². The third kappa shape index (κ3) is 6.63. The van der Waals surface area contributed by atoms with E-state index < -0.39 is 54.1 Å². The molecule has 3 aliphatic rings. The molecule has 234 valence electrons. The van der Waals surface area contributed by atoms with Gasteiger partial charge in [0.2, 0.25) is 5.69 Å². The number of carbonyl (C=O) groups is 1. The van der Waals surface area contributed by atoms with E-state index in [0.717, 1.165) is 22.5 Å². The van der Waals surface area contributed by atoms with E-state index >= 15 is 0 Å². The number of hydrogen-bond donors (Lipinski definition) is 1. The molecule has 2 aromatic rings. The number of para-hydroxylation sites is 2. The van der Waals surface area contributed by atoms with Crippen LogP contribution >= 0.6 is 0 Å². The first-order valence-electron chi connectivity index (χ1n) is 14.3. The molecule has 0 aromatic heterocycles. The summed E-state index contributed by atoms with van der Waals surface area (Å²) in [6.45, 7) is 8.34. The summed E-state index contributed by atoms with van der Waals surface area (Å²) >= 11 is 0. The van der Waals surface area contributed by atoms with Crippen LogP contribution in [0.4, 0.5) is 11.4 Å². The first-order valence-corrected chi connectivity index (χ1v) is 17.5. The van der Waals surface area contributed by atoms with Gasteiger partial charge < -0.3 is 14.6 Å². The first kappa shape index (κ1) is 34.9. The number of Topliss-reactive ketones (excluding diaryl/α,β-unsaturated/α-hetero) is 1. The summed E-state index contributed by atoms with van der Waals surface area (Å²) in [4.78, 5) is 15.5. The summed E-state index contributed by atoms with van der Waals surface area (Å²) in [5, 5.41) is 13.6. The van der Waals surface area contributed by atoms with E-state index in [1.54, 1.807) is 12.2 Å². The van der Waals surface area contributed by atoms with Crippen molar-refractivity contribution in [2.45, 2.75) is 51.4 Å². The predicted molar refractivity (Wildman–Crippen MR) is 164 cm³/mol. The smallest absolute Gasteiger partial charge is 0.871 e. The van der Waals surface area contributed by atoms with Gasteiger partial charge in [-0.25, -0.2) is 8.42 Å². The van der Waals surface area contributed by atoms with E-state index in [9.17, 15) is 35.8 Å². The fraction of sp³-hybridized carbons (Fsp3) is 0.375. The minimum atomic E-state index is -4.41. The molecule has 2 aliphatic heterocycles. The molecule has 2 heterocycles. The largest absolute Gasteiger partial charge is 1.00 e. The quantitative estimate of drug-likeness (QED) is 0.163. The molecule has 1 N–H and O–H groups in total. The molecular formula is C32H35LiN2O8S2. The maximum Gasteiger partial charge on any atom is 1.00 e. The SMILES string of the molecule is CC1(C)C(=CC2=C([O-])C(=CC3=[N+](CCCS(=O)(=O)[O-])c4ccccc4C3(C)C)C2=O)N(CCCS(=O)(=O)O)c2ccccc21.[Li+]. The van der Waals surface area contributed by atoms with Gasteiger partial charge in [0.25, 0.3) is 10.1 Å². The molecule has 10 nitrogen and oxygen atoms in total. The molecule has 0 radical (unpaired) electrons. The van der Waals surface area contributed by atoms with Crippen LogP contribution in [0.25, 0.3) is 0 Å².